The number of non-ortho nitro benzene ring substituents is 1. The predicted molar refractivity (Wildman–Crippen MR) is 95.9 cm³/mol. The summed E-state index contributed by atoms with van der Waals surface area (Å²) in [7, 11) is 0. The van der Waals surface area contributed by atoms with E-state index in [9.17, 15) is 14.9 Å². The summed E-state index contributed by atoms with van der Waals surface area (Å²) in [6, 6.07) is 10.1. The fraction of sp³-hybridized carbons (Fsp3) is 0.389. The Balaban J connectivity index is 1.36. The Bertz CT molecular complexity index is 722. The molecule has 1 aliphatic rings. The van der Waals surface area contributed by atoms with Gasteiger partial charge in [-0.25, -0.2) is 0 Å². The number of hydrogen-bond donors (Lipinski definition) is 1. The van der Waals surface area contributed by atoms with Gasteiger partial charge in [-0.1, -0.05) is 12.1 Å². The Morgan fingerprint density at radius 2 is 1.81 bits per heavy atom. The van der Waals surface area contributed by atoms with Crippen LogP contribution in [0.25, 0.3) is 0 Å². The summed E-state index contributed by atoms with van der Waals surface area (Å²) < 4.78 is 5.06. The fourth-order valence-electron chi connectivity index (χ4n) is 2.97. The van der Waals surface area contributed by atoms with Crippen LogP contribution in [0.5, 0.6) is 0 Å². The molecule has 138 valence electrons. The number of carbonyl (C=O) groups excluding carboxylic acids is 1. The summed E-state index contributed by atoms with van der Waals surface area (Å²) in [5.74, 6) is 0.143. The fourth-order valence-corrected chi connectivity index (χ4v) is 2.97. The minimum absolute atomic E-state index is 0.121. The van der Waals surface area contributed by atoms with Gasteiger partial charge >= 0.3 is 0 Å². The lowest BCUT2D eigenvalue weighted by Gasteiger charge is -2.34. The molecule has 1 saturated heterocycles. The third kappa shape index (κ3) is 4.90. The Kier molecular flexibility index (Phi) is 5.98. The van der Waals surface area contributed by atoms with Crippen LogP contribution in [0.15, 0.2) is 47.1 Å². The van der Waals surface area contributed by atoms with Crippen molar-refractivity contribution in [2.45, 2.75) is 6.54 Å². The van der Waals surface area contributed by atoms with E-state index in [-0.39, 0.29) is 16.5 Å². The molecule has 0 aliphatic carbocycles. The van der Waals surface area contributed by atoms with Gasteiger partial charge in [-0.2, -0.15) is 0 Å². The molecular formula is C18H22N4O4. The van der Waals surface area contributed by atoms with Crippen molar-refractivity contribution in [2.24, 2.45) is 0 Å². The molecule has 0 spiro atoms. The second-order valence-corrected chi connectivity index (χ2v) is 6.27. The first-order chi connectivity index (χ1) is 12.6. The van der Waals surface area contributed by atoms with Crippen molar-refractivity contribution in [3.63, 3.8) is 0 Å². The Morgan fingerprint density at radius 3 is 2.42 bits per heavy atom. The van der Waals surface area contributed by atoms with Gasteiger partial charge in [0.1, 0.15) is 0 Å². The lowest BCUT2D eigenvalue weighted by molar-refractivity contribution is -0.384. The number of piperazine rings is 1. The topological polar surface area (TPSA) is 91.9 Å². The minimum Gasteiger partial charge on any atom is -0.459 e. The number of furan rings is 1. The molecule has 2 heterocycles. The van der Waals surface area contributed by atoms with Crippen LogP contribution < -0.4 is 5.32 Å². The third-order valence-electron chi connectivity index (χ3n) is 4.48. The molecule has 2 aromatic rings. The molecule has 0 saturated carbocycles. The van der Waals surface area contributed by atoms with Crippen LogP contribution in [0.2, 0.25) is 0 Å². The quantitative estimate of drug-likeness (QED) is 0.599. The molecule has 8 nitrogen and oxygen atoms in total. The summed E-state index contributed by atoms with van der Waals surface area (Å²) >= 11 is 0. The van der Waals surface area contributed by atoms with Gasteiger partial charge in [0.15, 0.2) is 5.76 Å². The van der Waals surface area contributed by atoms with Crippen molar-refractivity contribution in [1.82, 2.24) is 15.1 Å². The number of benzene rings is 1. The first-order valence-electron chi connectivity index (χ1n) is 8.61. The SMILES string of the molecule is O=C(NCCN1CCN(Cc2ccc([N+](=O)[O-])cc2)CC1)c1ccco1. The molecule has 0 bridgehead atoms. The molecule has 1 aliphatic heterocycles. The van der Waals surface area contributed by atoms with Crippen molar-refractivity contribution < 1.29 is 14.1 Å². The molecule has 1 aromatic carbocycles. The van der Waals surface area contributed by atoms with E-state index in [4.69, 9.17) is 4.42 Å². The summed E-state index contributed by atoms with van der Waals surface area (Å²) in [6.45, 7) is 5.92. The zero-order chi connectivity index (χ0) is 18.4. The predicted octanol–water partition coefficient (Wildman–Crippen LogP) is 1.74. The van der Waals surface area contributed by atoms with Crippen molar-refractivity contribution in [3.8, 4) is 0 Å². The van der Waals surface area contributed by atoms with E-state index in [1.807, 2.05) is 12.1 Å². The van der Waals surface area contributed by atoms with E-state index in [0.717, 1.165) is 44.8 Å². The van der Waals surface area contributed by atoms with Crippen LogP contribution in [0.3, 0.4) is 0 Å². The number of nitro benzene ring substituents is 1. The van der Waals surface area contributed by atoms with Gasteiger partial charge in [-0.15, -0.1) is 0 Å². The molecule has 0 atom stereocenters. The number of amides is 1. The van der Waals surface area contributed by atoms with E-state index in [0.29, 0.717) is 12.3 Å². The Morgan fingerprint density at radius 1 is 1.12 bits per heavy atom. The molecule has 1 amide bonds. The van der Waals surface area contributed by atoms with Crippen LogP contribution in [0, 0.1) is 10.1 Å². The van der Waals surface area contributed by atoms with E-state index >= 15 is 0 Å². The lowest BCUT2D eigenvalue weighted by Crippen LogP contribution is -2.48. The summed E-state index contributed by atoms with van der Waals surface area (Å²) in [5.41, 5.74) is 1.20. The largest absolute Gasteiger partial charge is 0.459 e. The van der Waals surface area contributed by atoms with E-state index in [1.54, 1.807) is 24.3 Å². The van der Waals surface area contributed by atoms with Crippen LogP contribution in [0.1, 0.15) is 16.1 Å². The lowest BCUT2D eigenvalue weighted by atomic mass is 10.2. The number of carbonyl (C=O) groups is 1. The van der Waals surface area contributed by atoms with Gasteiger partial charge in [-0.3, -0.25) is 24.7 Å². The summed E-state index contributed by atoms with van der Waals surface area (Å²) in [4.78, 5) is 26.8. The average molecular weight is 358 g/mol. The molecule has 0 unspecified atom stereocenters. The first-order valence-corrected chi connectivity index (χ1v) is 8.61. The maximum absolute atomic E-state index is 11.8. The number of rotatable bonds is 7. The summed E-state index contributed by atoms with van der Waals surface area (Å²) in [5, 5.41) is 13.5. The number of nitrogens with zero attached hydrogens (tertiary/aromatic N) is 3. The van der Waals surface area contributed by atoms with Gasteiger partial charge in [-0.05, 0) is 17.7 Å². The van der Waals surface area contributed by atoms with Gasteiger partial charge in [0.05, 0.1) is 11.2 Å². The van der Waals surface area contributed by atoms with Crippen molar-refractivity contribution in [1.29, 1.82) is 0 Å². The monoisotopic (exact) mass is 358 g/mol. The van der Waals surface area contributed by atoms with Gasteiger partial charge < -0.3 is 9.73 Å². The number of nitrogens with one attached hydrogen (secondary N) is 1. The minimum atomic E-state index is -0.382. The van der Waals surface area contributed by atoms with E-state index in [1.165, 1.54) is 6.26 Å². The maximum atomic E-state index is 11.8. The molecule has 0 radical (unpaired) electrons. The normalized spacial score (nSPS) is 15.7. The highest BCUT2D eigenvalue weighted by atomic mass is 16.6. The third-order valence-corrected chi connectivity index (χ3v) is 4.48. The van der Waals surface area contributed by atoms with Crippen molar-refractivity contribution in [2.75, 3.05) is 39.3 Å². The zero-order valence-corrected chi connectivity index (χ0v) is 14.5. The smallest absolute Gasteiger partial charge is 0.287 e. The van der Waals surface area contributed by atoms with E-state index in [2.05, 4.69) is 15.1 Å². The van der Waals surface area contributed by atoms with Gasteiger partial charge in [0.25, 0.3) is 11.6 Å². The second kappa shape index (κ2) is 8.59. The molecular weight excluding hydrogens is 336 g/mol. The second-order valence-electron chi connectivity index (χ2n) is 6.27. The van der Waals surface area contributed by atoms with Gasteiger partial charge in [0, 0.05) is 57.9 Å². The van der Waals surface area contributed by atoms with Crippen LogP contribution in [-0.2, 0) is 6.54 Å². The highest BCUT2D eigenvalue weighted by molar-refractivity contribution is 5.91. The summed E-state index contributed by atoms with van der Waals surface area (Å²) in [6.07, 6.45) is 1.49. The first kappa shape index (κ1) is 18.1. The zero-order valence-electron chi connectivity index (χ0n) is 14.5. The average Bonchev–Trinajstić information content (AvgIpc) is 3.18. The van der Waals surface area contributed by atoms with Crippen molar-refractivity contribution in [3.05, 3.63) is 64.1 Å². The molecule has 8 heteroatoms. The molecule has 26 heavy (non-hydrogen) atoms. The van der Waals surface area contributed by atoms with Crippen LogP contribution in [0.4, 0.5) is 5.69 Å². The standard InChI is InChI=1S/C18H22N4O4/c23-18(17-2-1-13-26-17)19-7-8-20-9-11-21(12-10-20)14-15-3-5-16(6-4-15)22(24)25/h1-6,13H,7-12,14H2,(H,19,23). The van der Waals surface area contributed by atoms with Gasteiger partial charge in [0.2, 0.25) is 0 Å². The Labute approximate surface area is 151 Å². The van der Waals surface area contributed by atoms with E-state index < -0.39 is 0 Å². The molecule has 3 rings (SSSR count). The maximum Gasteiger partial charge on any atom is 0.287 e. The molecule has 1 aromatic heterocycles. The van der Waals surface area contributed by atoms with Crippen molar-refractivity contribution >= 4 is 11.6 Å². The number of nitro groups is 1. The molecule has 1 fully saturated rings. The number of hydrogen-bond acceptors (Lipinski definition) is 6. The Hall–Kier alpha value is -2.71. The molecule has 1 N–H and O–H groups in total. The van der Waals surface area contributed by atoms with Crippen LogP contribution in [-0.4, -0.2) is 59.9 Å². The highest BCUT2D eigenvalue weighted by Crippen LogP contribution is 2.14. The highest BCUT2D eigenvalue weighted by Gasteiger charge is 2.17. The van der Waals surface area contributed by atoms with Crippen LogP contribution >= 0.6 is 0 Å².